The highest BCUT2D eigenvalue weighted by Gasteiger charge is 2.40. The molecule has 1 saturated heterocycles. The highest BCUT2D eigenvalue weighted by Crippen LogP contribution is 2.28. The van der Waals surface area contributed by atoms with Crippen molar-refractivity contribution < 1.29 is 42.2 Å². The van der Waals surface area contributed by atoms with E-state index in [0.717, 1.165) is 0 Å². The molecule has 1 aliphatic heterocycles. The molecule has 1 aliphatic rings. The van der Waals surface area contributed by atoms with Gasteiger partial charge in [-0.1, -0.05) is 17.7 Å². The van der Waals surface area contributed by atoms with E-state index in [1.807, 2.05) is 5.32 Å². The van der Waals surface area contributed by atoms with Gasteiger partial charge in [-0.15, -0.1) is 0 Å². The highest BCUT2D eigenvalue weighted by molar-refractivity contribution is 6.32. The Morgan fingerprint density at radius 2 is 2.00 bits per heavy atom. The minimum atomic E-state index is -4.52. The summed E-state index contributed by atoms with van der Waals surface area (Å²) < 4.78 is 41.3. The van der Waals surface area contributed by atoms with E-state index in [-0.39, 0.29) is 30.3 Å². The monoisotopic (exact) mass is 436 g/mol. The van der Waals surface area contributed by atoms with Crippen LogP contribution in [0.1, 0.15) is 12.0 Å². The molecule has 1 fully saturated rings. The van der Waals surface area contributed by atoms with Crippen LogP contribution in [0.3, 0.4) is 0 Å². The van der Waals surface area contributed by atoms with Gasteiger partial charge in [-0.05, 0) is 17.7 Å². The fourth-order valence-corrected chi connectivity index (χ4v) is 2.90. The molecule has 1 atom stereocenters. The molecular weight excluding hydrogens is 421 g/mol. The van der Waals surface area contributed by atoms with Gasteiger partial charge in [0.15, 0.2) is 18.3 Å². The molecule has 0 bridgehead atoms. The zero-order valence-corrected chi connectivity index (χ0v) is 15.5. The third-order valence-electron chi connectivity index (χ3n) is 3.95. The van der Waals surface area contributed by atoms with Gasteiger partial charge < -0.3 is 20.1 Å². The number of amides is 2. The quantitative estimate of drug-likeness (QED) is 0.625. The molecule has 0 spiro atoms. The largest absolute Gasteiger partial charge is 0.483 e. The van der Waals surface area contributed by atoms with Crippen molar-refractivity contribution in [1.29, 1.82) is 0 Å². The van der Waals surface area contributed by atoms with Crippen molar-refractivity contribution in [3.05, 3.63) is 28.8 Å². The second kappa shape index (κ2) is 9.12. The molecule has 2 amide bonds. The Bertz CT molecular complexity index is 830. The van der Waals surface area contributed by atoms with Gasteiger partial charge in [0.25, 0.3) is 0 Å². The minimum absolute atomic E-state index is 0.0321. The van der Waals surface area contributed by atoms with Crippen molar-refractivity contribution in [2.24, 2.45) is 5.92 Å². The zero-order chi connectivity index (χ0) is 21.8. The number of piperidine rings is 1. The van der Waals surface area contributed by atoms with Crippen LogP contribution in [0.4, 0.5) is 13.2 Å². The number of carboxylic acids is 1. The summed E-state index contributed by atoms with van der Waals surface area (Å²) in [5.74, 6) is -5.57. The van der Waals surface area contributed by atoms with Crippen LogP contribution < -0.4 is 10.1 Å². The number of benzene rings is 1. The number of carbonyl (C=O) groups is 4. The maximum absolute atomic E-state index is 12.5. The average molecular weight is 437 g/mol. The summed E-state index contributed by atoms with van der Waals surface area (Å²) >= 11 is 5.92. The number of ketones is 1. The molecular formula is C17H16ClF3N2O6. The van der Waals surface area contributed by atoms with E-state index in [0.29, 0.717) is 5.56 Å². The van der Waals surface area contributed by atoms with Crippen LogP contribution in [0.25, 0.3) is 0 Å². The Hall–Kier alpha value is -2.82. The summed E-state index contributed by atoms with van der Waals surface area (Å²) in [6, 6.07) is 3.94. The molecule has 1 aromatic rings. The van der Waals surface area contributed by atoms with E-state index < -0.39 is 48.8 Å². The minimum Gasteiger partial charge on any atom is -0.483 e. The second-order valence-electron chi connectivity index (χ2n) is 6.19. The van der Waals surface area contributed by atoms with Gasteiger partial charge in [0.2, 0.25) is 11.8 Å². The van der Waals surface area contributed by atoms with Crippen molar-refractivity contribution in [1.82, 2.24) is 10.2 Å². The van der Waals surface area contributed by atoms with Crippen LogP contribution in [0, 0.1) is 5.92 Å². The van der Waals surface area contributed by atoms with Gasteiger partial charge in [-0.25, -0.2) is 0 Å². The Balaban J connectivity index is 2.06. The van der Waals surface area contributed by atoms with Crippen LogP contribution in [0.2, 0.25) is 5.02 Å². The lowest BCUT2D eigenvalue weighted by Gasteiger charge is -2.30. The van der Waals surface area contributed by atoms with Crippen LogP contribution in [0.15, 0.2) is 18.2 Å². The first-order valence-electron chi connectivity index (χ1n) is 8.27. The van der Waals surface area contributed by atoms with E-state index in [9.17, 15) is 32.3 Å². The number of ether oxygens (including phenoxy) is 1. The lowest BCUT2D eigenvalue weighted by molar-refractivity contribution is -0.154. The van der Waals surface area contributed by atoms with E-state index in [1.54, 1.807) is 0 Å². The summed E-state index contributed by atoms with van der Waals surface area (Å²) in [7, 11) is 0. The molecule has 0 aliphatic carbocycles. The summed E-state index contributed by atoms with van der Waals surface area (Å²) in [5, 5.41) is 10.5. The first-order valence-corrected chi connectivity index (χ1v) is 8.64. The lowest BCUT2D eigenvalue weighted by atomic mass is 9.94. The number of nitrogens with one attached hydrogen (secondary N) is 1. The number of hydrogen-bond acceptors (Lipinski definition) is 5. The predicted octanol–water partition coefficient (Wildman–Crippen LogP) is 1.40. The van der Waals surface area contributed by atoms with Gasteiger partial charge >= 0.3 is 12.1 Å². The number of carbonyl (C=O) groups excluding carboxylic acids is 3. The van der Waals surface area contributed by atoms with Gasteiger partial charge in [0.05, 0.1) is 5.02 Å². The number of alkyl halides is 3. The number of Topliss-reactive ketones (excluding diaryl/α,β-unsaturated/α-hetero) is 1. The van der Waals surface area contributed by atoms with Gasteiger partial charge in [0, 0.05) is 19.5 Å². The molecule has 1 aromatic carbocycles. The summed E-state index contributed by atoms with van der Waals surface area (Å²) in [4.78, 5) is 48.2. The lowest BCUT2D eigenvalue weighted by Crippen LogP contribution is -2.52. The van der Waals surface area contributed by atoms with Crippen molar-refractivity contribution >= 4 is 35.2 Å². The number of halogens is 4. The Labute approximate surface area is 167 Å². The predicted molar refractivity (Wildman–Crippen MR) is 92.2 cm³/mol. The number of hydrogen-bond donors (Lipinski definition) is 2. The standard InChI is InChI=1S/C17H16ClF3N2O6/c18-10-5-9(1-2-12(10)29-8-17(19,20)21)7-23-4-3-11(24)14(16(23)28)15(27)22-6-13(25)26/h1-2,5,14H,3-4,6-8H2,(H,22,27)(H,25,26). The topological polar surface area (TPSA) is 113 Å². The fourth-order valence-electron chi connectivity index (χ4n) is 2.64. The van der Waals surface area contributed by atoms with Gasteiger partial charge in [-0.3, -0.25) is 19.2 Å². The van der Waals surface area contributed by atoms with E-state index in [1.165, 1.54) is 23.1 Å². The first-order chi connectivity index (χ1) is 13.5. The maximum Gasteiger partial charge on any atom is 0.422 e. The Morgan fingerprint density at radius 3 is 2.59 bits per heavy atom. The number of likely N-dealkylation sites (tertiary alicyclic amines) is 1. The average Bonchev–Trinajstić information content (AvgIpc) is 2.61. The van der Waals surface area contributed by atoms with Crippen LogP contribution in [-0.2, 0) is 25.7 Å². The van der Waals surface area contributed by atoms with Crippen LogP contribution in [0.5, 0.6) is 5.75 Å². The molecule has 158 valence electrons. The summed E-state index contributed by atoms with van der Waals surface area (Å²) in [6.07, 6.45) is -4.62. The molecule has 0 saturated carbocycles. The third kappa shape index (κ3) is 6.34. The molecule has 0 radical (unpaired) electrons. The molecule has 2 N–H and O–H groups in total. The third-order valence-corrected chi connectivity index (χ3v) is 4.24. The van der Waals surface area contributed by atoms with E-state index in [4.69, 9.17) is 16.7 Å². The van der Waals surface area contributed by atoms with E-state index >= 15 is 0 Å². The molecule has 2 rings (SSSR count). The molecule has 12 heteroatoms. The SMILES string of the molecule is O=C(O)CNC(=O)C1C(=O)CCN(Cc2ccc(OCC(F)(F)F)c(Cl)c2)C1=O. The normalized spacial score (nSPS) is 17.2. The van der Waals surface area contributed by atoms with Gasteiger partial charge in [0.1, 0.15) is 12.3 Å². The molecule has 29 heavy (non-hydrogen) atoms. The van der Waals surface area contributed by atoms with Crippen molar-refractivity contribution in [3.63, 3.8) is 0 Å². The van der Waals surface area contributed by atoms with Crippen molar-refractivity contribution in [3.8, 4) is 5.75 Å². The number of rotatable bonds is 7. The van der Waals surface area contributed by atoms with Gasteiger partial charge in [-0.2, -0.15) is 13.2 Å². The molecule has 0 aromatic heterocycles. The molecule has 8 nitrogen and oxygen atoms in total. The number of carboxylic acid groups (broad SMARTS) is 1. The first kappa shape index (κ1) is 22.5. The maximum atomic E-state index is 12.5. The molecule has 1 unspecified atom stereocenters. The summed E-state index contributed by atoms with van der Waals surface area (Å²) in [5.41, 5.74) is 0.446. The van der Waals surface area contributed by atoms with Crippen LogP contribution in [-0.4, -0.2) is 59.4 Å². The fraction of sp³-hybridized carbons (Fsp3) is 0.412. The Kier molecular flexibility index (Phi) is 7.07. The molecule has 1 heterocycles. The summed E-state index contributed by atoms with van der Waals surface area (Å²) in [6.45, 7) is -2.25. The smallest absolute Gasteiger partial charge is 0.422 e. The highest BCUT2D eigenvalue weighted by atomic mass is 35.5. The van der Waals surface area contributed by atoms with Crippen LogP contribution >= 0.6 is 11.6 Å². The zero-order valence-electron chi connectivity index (χ0n) is 14.8. The van der Waals surface area contributed by atoms with E-state index in [2.05, 4.69) is 4.74 Å². The van der Waals surface area contributed by atoms with Crippen molar-refractivity contribution in [2.45, 2.75) is 19.1 Å². The number of aliphatic carboxylic acids is 1. The number of nitrogens with zero attached hydrogens (tertiary/aromatic N) is 1. The van der Waals surface area contributed by atoms with Crippen molar-refractivity contribution in [2.75, 3.05) is 19.7 Å². The Morgan fingerprint density at radius 1 is 1.31 bits per heavy atom. The second-order valence-corrected chi connectivity index (χ2v) is 6.60.